The second-order valence-corrected chi connectivity index (χ2v) is 5.74. The normalized spacial score (nSPS) is 13.0. The topological polar surface area (TPSA) is 76.2 Å². The Labute approximate surface area is 126 Å². The number of anilines is 1. The van der Waals surface area contributed by atoms with Crippen molar-refractivity contribution < 1.29 is 4.92 Å². The molecule has 1 aromatic heterocycles. The van der Waals surface area contributed by atoms with Crippen molar-refractivity contribution in [3.63, 3.8) is 0 Å². The summed E-state index contributed by atoms with van der Waals surface area (Å²) in [7, 11) is 2.06. The molecule has 7 heteroatoms. The number of nitrogens with zero attached hydrogens (tertiary/aromatic N) is 4. The van der Waals surface area contributed by atoms with E-state index >= 15 is 0 Å². The van der Waals surface area contributed by atoms with Gasteiger partial charge >= 0.3 is 5.69 Å². The molecular formula is C14H27N5O2. The first-order valence-electron chi connectivity index (χ1n) is 7.47. The van der Waals surface area contributed by atoms with Gasteiger partial charge < -0.3 is 10.2 Å². The first kappa shape index (κ1) is 17.4. The lowest BCUT2D eigenvalue weighted by Crippen LogP contribution is -2.33. The van der Waals surface area contributed by atoms with Gasteiger partial charge in [0, 0.05) is 25.2 Å². The Morgan fingerprint density at radius 3 is 2.52 bits per heavy atom. The molecule has 21 heavy (non-hydrogen) atoms. The summed E-state index contributed by atoms with van der Waals surface area (Å²) < 4.78 is 1.69. The highest BCUT2D eigenvalue weighted by atomic mass is 16.6. The Bertz CT molecular complexity index is 484. The summed E-state index contributed by atoms with van der Waals surface area (Å²) in [5.74, 6) is 0.505. The van der Waals surface area contributed by atoms with Crippen LogP contribution in [0.15, 0.2) is 0 Å². The van der Waals surface area contributed by atoms with E-state index in [1.165, 1.54) is 0 Å². The lowest BCUT2D eigenvalue weighted by molar-refractivity contribution is -0.384. The van der Waals surface area contributed by atoms with Crippen molar-refractivity contribution in [2.75, 3.05) is 25.5 Å². The van der Waals surface area contributed by atoms with Gasteiger partial charge in [-0.3, -0.25) is 10.1 Å². The summed E-state index contributed by atoms with van der Waals surface area (Å²) in [5, 5.41) is 18.7. The average Bonchev–Trinajstić information content (AvgIpc) is 2.74. The minimum atomic E-state index is -0.359. The highest BCUT2D eigenvalue weighted by molar-refractivity contribution is 5.59. The molecule has 0 bridgehead atoms. The molecule has 0 aliphatic rings. The van der Waals surface area contributed by atoms with E-state index in [1.807, 2.05) is 13.8 Å². The van der Waals surface area contributed by atoms with Gasteiger partial charge in [-0.25, -0.2) is 4.68 Å². The van der Waals surface area contributed by atoms with Gasteiger partial charge in [-0.05, 0) is 41.2 Å². The molecular weight excluding hydrogens is 270 g/mol. The van der Waals surface area contributed by atoms with Gasteiger partial charge in [-0.15, -0.1) is 0 Å². The Kier molecular flexibility index (Phi) is 6.14. The Morgan fingerprint density at radius 2 is 2.05 bits per heavy atom. The summed E-state index contributed by atoms with van der Waals surface area (Å²) in [6, 6.07) is 0.575. The molecule has 1 N–H and O–H groups in total. The van der Waals surface area contributed by atoms with Crippen molar-refractivity contribution in [1.82, 2.24) is 14.7 Å². The smallest absolute Gasteiger partial charge is 0.333 e. The molecule has 0 aliphatic heterocycles. The number of nitro groups is 1. The zero-order valence-corrected chi connectivity index (χ0v) is 13.9. The van der Waals surface area contributed by atoms with E-state index in [0.717, 1.165) is 13.0 Å². The van der Waals surface area contributed by atoms with Crippen LogP contribution in [-0.4, -0.2) is 45.8 Å². The van der Waals surface area contributed by atoms with E-state index in [2.05, 4.69) is 36.2 Å². The number of aromatic nitrogens is 2. The van der Waals surface area contributed by atoms with Crippen molar-refractivity contribution in [2.45, 2.75) is 53.1 Å². The van der Waals surface area contributed by atoms with Crippen LogP contribution in [0.2, 0.25) is 0 Å². The zero-order valence-electron chi connectivity index (χ0n) is 13.9. The first-order valence-corrected chi connectivity index (χ1v) is 7.47. The molecule has 7 nitrogen and oxygen atoms in total. The van der Waals surface area contributed by atoms with Crippen LogP contribution in [0.25, 0.3) is 0 Å². The average molecular weight is 297 g/mol. The highest BCUT2D eigenvalue weighted by Crippen LogP contribution is 2.30. The first-order chi connectivity index (χ1) is 9.79. The summed E-state index contributed by atoms with van der Waals surface area (Å²) in [5.41, 5.74) is 0.529. The van der Waals surface area contributed by atoms with E-state index < -0.39 is 0 Å². The third-order valence-corrected chi connectivity index (χ3v) is 3.83. The maximum absolute atomic E-state index is 11.2. The molecule has 0 amide bonds. The third kappa shape index (κ3) is 4.17. The van der Waals surface area contributed by atoms with Crippen molar-refractivity contribution in [3.05, 3.63) is 15.8 Å². The molecule has 1 atom stereocenters. The van der Waals surface area contributed by atoms with Gasteiger partial charge in [-0.2, -0.15) is 5.10 Å². The minimum absolute atomic E-state index is 0.0761. The lowest BCUT2D eigenvalue weighted by Gasteiger charge is -2.23. The number of aryl methyl sites for hydroxylation is 1. The molecule has 1 aromatic rings. The van der Waals surface area contributed by atoms with Gasteiger partial charge in [0.25, 0.3) is 0 Å². The predicted octanol–water partition coefficient (Wildman–Crippen LogP) is 2.82. The fraction of sp³-hybridized carbons (Fsp3) is 0.786. The Morgan fingerprint density at radius 1 is 1.43 bits per heavy atom. The maximum atomic E-state index is 11.2. The zero-order chi connectivity index (χ0) is 16.2. The molecule has 0 spiro atoms. The largest absolute Gasteiger partial charge is 0.363 e. The van der Waals surface area contributed by atoms with Crippen molar-refractivity contribution in [2.24, 2.45) is 0 Å². The monoisotopic (exact) mass is 297 g/mol. The minimum Gasteiger partial charge on any atom is -0.363 e. The summed E-state index contributed by atoms with van der Waals surface area (Å²) in [4.78, 5) is 13.1. The lowest BCUT2D eigenvalue weighted by atomic mass is 10.2. The van der Waals surface area contributed by atoms with Gasteiger partial charge in [0.2, 0.25) is 5.82 Å². The van der Waals surface area contributed by atoms with Crippen LogP contribution >= 0.6 is 0 Å². The third-order valence-electron chi connectivity index (χ3n) is 3.83. The number of nitrogens with one attached hydrogen (secondary N) is 1. The van der Waals surface area contributed by atoms with E-state index in [9.17, 15) is 10.1 Å². The molecule has 0 aliphatic carbocycles. The van der Waals surface area contributed by atoms with E-state index in [0.29, 0.717) is 24.1 Å². The molecule has 1 heterocycles. The van der Waals surface area contributed by atoms with Gasteiger partial charge in [0.05, 0.1) is 4.92 Å². The number of hydrogen-bond donors (Lipinski definition) is 1. The van der Waals surface area contributed by atoms with Crippen molar-refractivity contribution in [1.29, 1.82) is 0 Å². The summed E-state index contributed by atoms with van der Waals surface area (Å²) >= 11 is 0. The highest BCUT2D eigenvalue weighted by Gasteiger charge is 2.26. The summed E-state index contributed by atoms with van der Waals surface area (Å²) in [6.45, 7) is 11.4. The fourth-order valence-corrected chi connectivity index (χ4v) is 2.18. The van der Waals surface area contributed by atoms with Crippen LogP contribution in [0, 0.1) is 17.0 Å². The second kappa shape index (κ2) is 7.40. The fourth-order valence-electron chi connectivity index (χ4n) is 2.18. The number of rotatable bonds is 8. The standard InChI is InChI=1S/C14H27N5O2/c1-7-11(4)17(6)9-8-15-14-13(19(20)21)12(5)16-18(14)10(2)3/h10-11,15H,7-9H2,1-6H3. The molecule has 1 rings (SSSR count). The number of likely N-dealkylation sites (N-methyl/N-ethyl adjacent to an activating group) is 1. The van der Waals surface area contributed by atoms with Crippen molar-refractivity contribution >= 4 is 11.5 Å². The molecule has 0 saturated carbocycles. The molecule has 120 valence electrons. The Balaban J connectivity index is 2.84. The second-order valence-electron chi connectivity index (χ2n) is 5.74. The van der Waals surface area contributed by atoms with E-state index in [4.69, 9.17) is 0 Å². The molecule has 0 fully saturated rings. The molecule has 0 radical (unpaired) electrons. The van der Waals surface area contributed by atoms with Crippen LogP contribution in [-0.2, 0) is 0 Å². The summed E-state index contributed by atoms with van der Waals surface area (Å²) in [6.07, 6.45) is 1.08. The van der Waals surface area contributed by atoms with E-state index in [1.54, 1.807) is 11.6 Å². The quantitative estimate of drug-likeness (QED) is 0.590. The van der Waals surface area contributed by atoms with Crippen LogP contribution in [0.5, 0.6) is 0 Å². The molecule has 1 unspecified atom stereocenters. The van der Waals surface area contributed by atoms with Crippen LogP contribution in [0.3, 0.4) is 0 Å². The van der Waals surface area contributed by atoms with Gasteiger partial charge in [0.15, 0.2) is 0 Å². The molecule has 0 saturated heterocycles. The van der Waals surface area contributed by atoms with Gasteiger partial charge in [-0.1, -0.05) is 6.92 Å². The van der Waals surface area contributed by atoms with Crippen molar-refractivity contribution in [3.8, 4) is 0 Å². The van der Waals surface area contributed by atoms with Crippen LogP contribution < -0.4 is 5.32 Å². The van der Waals surface area contributed by atoms with E-state index in [-0.39, 0.29) is 16.7 Å². The maximum Gasteiger partial charge on any atom is 0.333 e. The Hall–Kier alpha value is -1.63. The van der Waals surface area contributed by atoms with Gasteiger partial charge in [0.1, 0.15) is 5.69 Å². The SMILES string of the molecule is CCC(C)N(C)CCNc1c([N+](=O)[O-])c(C)nn1C(C)C. The van der Waals surface area contributed by atoms with Crippen LogP contribution in [0.1, 0.15) is 45.9 Å². The molecule has 0 aromatic carbocycles. The predicted molar refractivity (Wildman–Crippen MR) is 84.9 cm³/mol. The van der Waals surface area contributed by atoms with Crippen LogP contribution in [0.4, 0.5) is 11.5 Å². The number of hydrogen-bond acceptors (Lipinski definition) is 5.